The second kappa shape index (κ2) is 7.49. The van der Waals surface area contributed by atoms with Gasteiger partial charge in [-0.2, -0.15) is 0 Å². The lowest BCUT2D eigenvalue weighted by atomic mass is 10.1. The van der Waals surface area contributed by atoms with Gasteiger partial charge < -0.3 is 5.32 Å². The van der Waals surface area contributed by atoms with E-state index < -0.39 is 0 Å². The van der Waals surface area contributed by atoms with E-state index in [0.717, 1.165) is 13.1 Å². The third kappa shape index (κ3) is 4.39. The molecular formula is C15H25N3. The summed E-state index contributed by atoms with van der Waals surface area (Å²) < 4.78 is 0. The number of hydrogen-bond donors (Lipinski definition) is 1. The van der Waals surface area contributed by atoms with Gasteiger partial charge in [-0.1, -0.05) is 19.8 Å². The van der Waals surface area contributed by atoms with E-state index in [1.165, 1.54) is 44.3 Å². The number of pyridine rings is 1. The van der Waals surface area contributed by atoms with Crippen LogP contribution in [-0.2, 0) is 6.54 Å². The lowest BCUT2D eigenvalue weighted by molar-refractivity contribution is 0.242. The lowest BCUT2D eigenvalue weighted by Gasteiger charge is -2.26. The van der Waals surface area contributed by atoms with Crippen molar-refractivity contribution < 1.29 is 0 Å². The van der Waals surface area contributed by atoms with Crippen LogP contribution in [0.1, 0.15) is 38.2 Å². The quantitative estimate of drug-likeness (QED) is 0.866. The maximum Gasteiger partial charge on any atom is 0.0271 e. The van der Waals surface area contributed by atoms with Crippen LogP contribution >= 0.6 is 0 Å². The van der Waals surface area contributed by atoms with Crippen LogP contribution in [-0.4, -0.2) is 35.6 Å². The van der Waals surface area contributed by atoms with Gasteiger partial charge in [-0.05, 0) is 43.6 Å². The molecule has 0 bridgehead atoms. The third-order valence-electron chi connectivity index (χ3n) is 3.74. The van der Waals surface area contributed by atoms with Gasteiger partial charge >= 0.3 is 0 Å². The Morgan fingerprint density at radius 1 is 1.28 bits per heavy atom. The summed E-state index contributed by atoms with van der Waals surface area (Å²) in [5.74, 6) is 0. The SMILES string of the molecule is CCN(Cc1ccncc1)CC1CCCCCN1. The summed E-state index contributed by atoms with van der Waals surface area (Å²) in [5, 5.41) is 3.68. The maximum atomic E-state index is 4.08. The molecule has 0 saturated carbocycles. The summed E-state index contributed by atoms with van der Waals surface area (Å²) in [6.07, 6.45) is 9.20. The fourth-order valence-corrected chi connectivity index (χ4v) is 2.62. The second-order valence-corrected chi connectivity index (χ2v) is 5.18. The van der Waals surface area contributed by atoms with Crippen LogP contribution in [0.5, 0.6) is 0 Å². The van der Waals surface area contributed by atoms with E-state index in [1.54, 1.807) is 0 Å². The largest absolute Gasteiger partial charge is 0.313 e. The number of nitrogens with one attached hydrogen (secondary N) is 1. The Morgan fingerprint density at radius 3 is 2.89 bits per heavy atom. The topological polar surface area (TPSA) is 28.2 Å². The van der Waals surface area contributed by atoms with E-state index >= 15 is 0 Å². The van der Waals surface area contributed by atoms with Gasteiger partial charge in [-0.15, -0.1) is 0 Å². The van der Waals surface area contributed by atoms with Gasteiger partial charge in [0.2, 0.25) is 0 Å². The van der Waals surface area contributed by atoms with Gasteiger partial charge in [0.15, 0.2) is 0 Å². The van der Waals surface area contributed by atoms with Crippen molar-refractivity contribution in [1.29, 1.82) is 0 Å². The van der Waals surface area contributed by atoms with Crippen molar-refractivity contribution in [2.75, 3.05) is 19.6 Å². The zero-order chi connectivity index (χ0) is 12.6. The molecule has 1 unspecified atom stereocenters. The molecular weight excluding hydrogens is 222 g/mol. The van der Waals surface area contributed by atoms with E-state index in [9.17, 15) is 0 Å². The lowest BCUT2D eigenvalue weighted by Crippen LogP contribution is -2.40. The van der Waals surface area contributed by atoms with E-state index in [0.29, 0.717) is 6.04 Å². The number of rotatable bonds is 5. The van der Waals surface area contributed by atoms with Crippen molar-refractivity contribution in [3.63, 3.8) is 0 Å². The van der Waals surface area contributed by atoms with E-state index in [4.69, 9.17) is 0 Å². The van der Waals surface area contributed by atoms with Crippen molar-refractivity contribution in [2.45, 2.75) is 45.2 Å². The summed E-state index contributed by atoms with van der Waals surface area (Å²) in [6, 6.07) is 4.90. The van der Waals surface area contributed by atoms with Crippen LogP contribution in [0.2, 0.25) is 0 Å². The number of hydrogen-bond acceptors (Lipinski definition) is 3. The molecule has 18 heavy (non-hydrogen) atoms. The van der Waals surface area contributed by atoms with Crippen molar-refractivity contribution in [3.05, 3.63) is 30.1 Å². The Labute approximate surface area is 111 Å². The minimum Gasteiger partial charge on any atom is -0.313 e. The molecule has 1 N–H and O–H groups in total. The number of aromatic nitrogens is 1. The summed E-state index contributed by atoms with van der Waals surface area (Å²) in [6.45, 7) is 6.76. The number of nitrogens with zero attached hydrogens (tertiary/aromatic N) is 2. The molecule has 0 spiro atoms. The molecule has 1 aliphatic heterocycles. The maximum absolute atomic E-state index is 4.08. The third-order valence-corrected chi connectivity index (χ3v) is 3.74. The molecule has 100 valence electrons. The highest BCUT2D eigenvalue weighted by Gasteiger charge is 2.14. The standard InChI is InChI=1S/C15H25N3/c1-2-18(12-14-7-10-16-11-8-14)13-15-6-4-3-5-9-17-15/h7-8,10-11,15,17H,2-6,9,12-13H2,1H3. The molecule has 0 radical (unpaired) electrons. The van der Waals surface area contributed by atoms with Crippen LogP contribution in [0, 0.1) is 0 Å². The second-order valence-electron chi connectivity index (χ2n) is 5.18. The molecule has 0 aromatic carbocycles. The minimum atomic E-state index is 0.675. The molecule has 1 atom stereocenters. The molecule has 3 nitrogen and oxygen atoms in total. The fourth-order valence-electron chi connectivity index (χ4n) is 2.62. The van der Waals surface area contributed by atoms with Crippen LogP contribution in [0.15, 0.2) is 24.5 Å². The van der Waals surface area contributed by atoms with Gasteiger partial charge in [-0.25, -0.2) is 0 Å². The molecule has 2 rings (SSSR count). The molecule has 1 saturated heterocycles. The zero-order valence-electron chi connectivity index (χ0n) is 11.4. The van der Waals surface area contributed by atoms with E-state index in [2.05, 4.69) is 34.3 Å². The van der Waals surface area contributed by atoms with Gasteiger partial charge in [0.1, 0.15) is 0 Å². The van der Waals surface area contributed by atoms with Gasteiger partial charge in [-0.3, -0.25) is 9.88 Å². The molecule has 1 fully saturated rings. The minimum absolute atomic E-state index is 0.675. The average molecular weight is 247 g/mol. The highest BCUT2D eigenvalue weighted by molar-refractivity contribution is 5.09. The molecule has 2 heterocycles. The summed E-state index contributed by atoms with van der Waals surface area (Å²) >= 11 is 0. The Kier molecular flexibility index (Phi) is 5.62. The van der Waals surface area contributed by atoms with Gasteiger partial charge in [0.25, 0.3) is 0 Å². The predicted molar refractivity (Wildman–Crippen MR) is 75.4 cm³/mol. The molecule has 0 aliphatic carbocycles. The summed E-state index contributed by atoms with van der Waals surface area (Å²) in [5.41, 5.74) is 1.36. The van der Waals surface area contributed by atoms with Crippen LogP contribution in [0.25, 0.3) is 0 Å². The van der Waals surface area contributed by atoms with E-state index in [1.807, 2.05) is 12.4 Å². The fraction of sp³-hybridized carbons (Fsp3) is 0.667. The summed E-state index contributed by atoms with van der Waals surface area (Å²) in [7, 11) is 0. The Hall–Kier alpha value is -0.930. The Bertz CT molecular complexity index is 318. The van der Waals surface area contributed by atoms with Crippen molar-refractivity contribution >= 4 is 0 Å². The van der Waals surface area contributed by atoms with Crippen molar-refractivity contribution in [1.82, 2.24) is 15.2 Å². The normalized spacial score (nSPS) is 20.9. The monoisotopic (exact) mass is 247 g/mol. The molecule has 1 aromatic heterocycles. The number of likely N-dealkylation sites (N-methyl/N-ethyl adjacent to an activating group) is 1. The smallest absolute Gasteiger partial charge is 0.0271 e. The van der Waals surface area contributed by atoms with Gasteiger partial charge in [0.05, 0.1) is 0 Å². The van der Waals surface area contributed by atoms with Crippen LogP contribution in [0.4, 0.5) is 0 Å². The zero-order valence-corrected chi connectivity index (χ0v) is 11.4. The molecule has 1 aromatic rings. The van der Waals surface area contributed by atoms with Crippen molar-refractivity contribution in [3.8, 4) is 0 Å². The highest BCUT2D eigenvalue weighted by atomic mass is 15.1. The Balaban J connectivity index is 1.84. The molecule has 1 aliphatic rings. The van der Waals surface area contributed by atoms with Gasteiger partial charge in [0, 0.05) is 31.5 Å². The van der Waals surface area contributed by atoms with Crippen LogP contribution < -0.4 is 5.32 Å². The van der Waals surface area contributed by atoms with E-state index in [-0.39, 0.29) is 0 Å². The van der Waals surface area contributed by atoms with Crippen LogP contribution in [0.3, 0.4) is 0 Å². The predicted octanol–water partition coefficient (Wildman–Crippen LogP) is 2.44. The first-order chi connectivity index (χ1) is 8.88. The molecule has 3 heteroatoms. The average Bonchev–Trinajstić information content (AvgIpc) is 2.68. The summed E-state index contributed by atoms with van der Waals surface area (Å²) in [4.78, 5) is 6.60. The Morgan fingerprint density at radius 2 is 2.11 bits per heavy atom. The first kappa shape index (κ1) is 13.5. The first-order valence-electron chi connectivity index (χ1n) is 7.23. The highest BCUT2D eigenvalue weighted by Crippen LogP contribution is 2.11. The first-order valence-corrected chi connectivity index (χ1v) is 7.23. The molecule has 0 amide bonds. The van der Waals surface area contributed by atoms with Crippen molar-refractivity contribution in [2.24, 2.45) is 0 Å².